The fourth-order valence-corrected chi connectivity index (χ4v) is 2.73. The molecule has 1 N–H and O–H groups in total. The standard InChI is InChI=1S/C9H11ClN2O2S/c10-7-5-15-9(11-7)12-3-1-2-6(4-12)8(13)14/h5-6H,1-4H2,(H,13,14). The average Bonchev–Trinajstić information content (AvgIpc) is 2.65. The highest BCUT2D eigenvalue weighted by Gasteiger charge is 2.26. The molecule has 1 aromatic heterocycles. The number of halogens is 1. The van der Waals surface area contributed by atoms with Crippen LogP contribution in [-0.4, -0.2) is 29.1 Å². The van der Waals surface area contributed by atoms with Crippen LogP contribution in [0.3, 0.4) is 0 Å². The molecule has 0 aromatic carbocycles. The first-order valence-electron chi connectivity index (χ1n) is 4.75. The van der Waals surface area contributed by atoms with Crippen LogP contribution in [-0.2, 0) is 4.79 Å². The van der Waals surface area contributed by atoms with Crippen molar-refractivity contribution in [2.75, 3.05) is 18.0 Å². The Morgan fingerprint density at radius 2 is 2.53 bits per heavy atom. The lowest BCUT2D eigenvalue weighted by Gasteiger charge is -2.30. The molecule has 0 radical (unpaired) electrons. The van der Waals surface area contributed by atoms with Gasteiger partial charge in [-0.2, -0.15) is 0 Å². The number of piperidine rings is 1. The van der Waals surface area contributed by atoms with Crippen molar-refractivity contribution in [2.24, 2.45) is 5.92 Å². The number of nitrogens with zero attached hydrogens (tertiary/aromatic N) is 2. The van der Waals surface area contributed by atoms with Gasteiger partial charge in [0.2, 0.25) is 0 Å². The molecular formula is C9H11ClN2O2S. The molecule has 1 fully saturated rings. The van der Waals surface area contributed by atoms with Gasteiger partial charge in [-0.25, -0.2) is 4.98 Å². The molecule has 1 aromatic rings. The van der Waals surface area contributed by atoms with Crippen molar-refractivity contribution in [1.29, 1.82) is 0 Å². The van der Waals surface area contributed by atoms with Crippen LogP contribution in [0, 0.1) is 5.92 Å². The number of hydrogen-bond donors (Lipinski definition) is 1. The van der Waals surface area contributed by atoms with E-state index in [1.807, 2.05) is 4.90 Å². The zero-order valence-electron chi connectivity index (χ0n) is 8.02. The van der Waals surface area contributed by atoms with Crippen LogP contribution in [0.1, 0.15) is 12.8 Å². The van der Waals surface area contributed by atoms with Crippen molar-refractivity contribution in [3.63, 3.8) is 0 Å². The van der Waals surface area contributed by atoms with Gasteiger partial charge in [-0.05, 0) is 12.8 Å². The largest absolute Gasteiger partial charge is 0.481 e. The molecule has 82 valence electrons. The first-order valence-corrected chi connectivity index (χ1v) is 6.01. The van der Waals surface area contributed by atoms with Gasteiger partial charge in [0.05, 0.1) is 5.92 Å². The van der Waals surface area contributed by atoms with E-state index in [1.165, 1.54) is 11.3 Å². The summed E-state index contributed by atoms with van der Waals surface area (Å²) in [6.45, 7) is 1.41. The summed E-state index contributed by atoms with van der Waals surface area (Å²) in [5.74, 6) is -0.997. The zero-order chi connectivity index (χ0) is 10.8. The number of thiazole rings is 1. The van der Waals surface area contributed by atoms with Crippen molar-refractivity contribution >= 4 is 34.0 Å². The molecule has 1 atom stereocenters. The summed E-state index contributed by atoms with van der Waals surface area (Å²) in [5, 5.41) is 12.0. The lowest BCUT2D eigenvalue weighted by molar-refractivity contribution is -0.141. The SMILES string of the molecule is O=C(O)C1CCCN(c2nc(Cl)cs2)C1. The number of hydrogen-bond acceptors (Lipinski definition) is 4. The molecule has 0 spiro atoms. The van der Waals surface area contributed by atoms with Crippen LogP contribution in [0.5, 0.6) is 0 Å². The normalized spacial score (nSPS) is 21.7. The Morgan fingerprint density at radius 1 is 1.73 bits per heavy atom. The third kappa shape index (κ3) is 2.41. The highest BCUT2D eigenvalue weighted by atomic mass is 35.5. The second-order valence-electron chi connectivity index (χ2n) is 3.58. The molecule has 0 saturated carbocycles. The van der Waals surface area contributed by atoms with Crippen LogP contribution >= 0.6 is 22.9 Å². The summed E-state index contributed by atoms with van der Waals surface area (Å²) in [7, 11) is 0. The van der Waals surface area contributed by atoms with Crippen molar-refractivity contribution in [3.8, 4) is 0 Å². The van der Waals surface area contributed by atoms with Crippen molar-refractivity contribution in [2.45, 2.75) is 12.8 Å². The first kappa shape index (κ1) is 10.7. The van der Waals surface area contributed by atoms with Gasteiger partial charge in [0, 0.05) is 18.5 Å². The molecule has 1 saturated heterocycles. The highest BCUT2D eigenvalue weighted by molar-refractivity contribution is 7.14. The number of carboxylic acids is 1. The van der Waals surface area contributed by atoms with E-state index in [0.717, 1.165) is 24.5 Å². The molecular weight excluding hydrogens is 236 g/mol. The lowest BCUT2D eigenvalue weighted by atomic mass is 9.99. The third-order valence-corrected chi connectivity index (χ3v) is 3.73. The molecule has 15 heavy (non-hydrogen) atoms. The number of carbonyl (C=O) groups is 1. The predicted octanol–water partition coefficient (Wildman–Crippen LogP) is 2.10. The second-order valence-corrected chi connectivity index (χ2v) is 4.80. The molecule has 0 amide bonds. The summed E-state index contributed by atoms with van der Waals surface area (Å²) >= 11 is 7.19. The van der Waals surface area contributed by atoms with Crippen molar-refractivity contribution < 1.29 is 9.90 Å². The number of aromatic nitrogens is 1. The minimum Gasteiger partial charge on any atom is -0.481 e. The van der Waals surface area contributed by atoms with E-state index in [9.17, 15) is 4.79 Å². The quantitative estimate of drug-likeness (QED) is 0.868. The smallest absolute Gasteiger partial charge is 0.308 e. The summed E-state index contributed by atoms with van der Waals surface area (Å²) < 4.78 is 0. The Hall–Kier alpha value is -0.810. The van der Waals surface area contributed by atoms with Gasteiger partial charge in [0.1, 0.15) is 5.15 Å². The topological polar surface area (TPSA) is 53.4 Å². The maximum atomic E-state index is 10.9. The van der Waals surface area contributed by atoms with Gasteiger partial charge >= 0.3 is 5.97 Å². The Morgan fingerprint density at radius 3 is 3.13 bits per heavy atom. The summed E-state index contributed by atoms with van der Waals surface area (Å²) in [6, 6.07) is 0. The lowest BCUT2D eigenvalue weighted by Crippen LogP contribution is -2.38. The van der Waals surface area contributed by atoms with Crippen LogP contribution < -0.4 is 4.90 Å². The fourth-order valence-electron chi connectivity index (χ4n) is 1.74. The van der Waals surface area contributed by atoms with Gasteiger partial charge in [-0.1, -0.05) is 11.6 Å². The minimum atomic E-state index is -0.720. The summed E-state index contributed by atoms with van der Waals surface area (Å²) in [6.07, 6.45) is 1.65. The maximum Gasteiger partial charge on any atom is 0.308 e. The Balaban J connectivity index is 2.07. The van der Waals surface area contributed by atoms with Crippen LogP contribution in [0.25, 0.3) is 0 Å². The van der Waals surface area contributed by atoms with Gasteiger partial charge in [0.15, 0.2) is 5.13 Å². The second kappa shape index (κ2) is 4.37. The van der Waals surface area contributed by atoms with Gasteiger partial charge < -0.3 is 10.0 Å². The van der Waals surface area contributed by atoms with E-state index in [2.05, 4.69) is 4.98 Å². The minimum absolute atomic E-state index is 0.276. The van der Waals surface area contributed by atoms with E-state index in [-0.39, 0.29) is 5.92 Å². The fraction of sp³-hybridized carbons (Fsp3) is 0.556. The van der Waals surface area contributed by atoms with E-state index >= 15 is 0 Å². The summed E-state index contributed by atoms with van der Waals surface area (Å²) in [4.78, 5) is 17.0. The van der Waals surface area contributed by atoms with Gasteiger partial charge in [0.25, 0.3) is 0 Å². The molecule has 4 nitrogen and oxygen atoms in total. The monoisotopic (exact) mass is 246 g/mol. The molecule has 2 heterocycles. The molecule has 1 aliphatic heterocycles. The van der Waals surface area contributed by atoms with E-state index < -0.39 is 5.97 Å². The maximum absolute atomic E-state index is 10.9. The third-order valence-electron chi connectivity index (χ3n) is 2.51. The van der Waals surface area contributed by atoms with Crippen molar-refractivity contribution in [1.82, 2.24) is 4.98 Å². The van der Waals surface area contributed by atoms with Gasteiger partial charge in [-0.15, -0.1) is 11.3 Å². The molecule has 6 heteroatoms. The Bertz CT molecular complexity index is 369. The predicted molar refractivity (Wildman–Crippen MR) is 59.7 cm³/mol. The Kier molecular flexibility index (Phi) is 3.11. The molecule has 1 unspecified atom stereocenters. The van der Waals surface area contributed by atoms with E-state index in [1.54, 1.807) is 5.38 Å². The molecule has 2 rings (SSSR count). The first-order chi connectivity index (χ1) is 7.16. The van der Waals surface area contributed by atoms with Crippen LogP contribution in [0.2, 0.25) is 5.15 Å². The number of aliphatic carboxylic acids is 1. The molecule has 1 aliphatic rings. The highest BCUT2D eigenvalue weighted by Crippen LogP contribution is 2.27. The van der Waals surface area contributed by atoms with Crippen LogP contribution in [0.15, 0.2) is 5.38 Å². The number of carboxylic acid groups (broad SMARTS) is 1. The molecule has 0 bridgehead atoms. The van der Waals surface area contributed by atoms with Crippen LogP contribution in [0.4, 0.5) is 5.13 Å². The number of rotatable bonds is 2. The average molecular weight is 247 g/mol. The zero-order valence-corrected chi connectivity index (χ0v) is 9.59. The van der Waals surface area contributed by atoms with E-state index in [4.69, 9.17) is 16.7 Å². The Labute approximate surface area is 96.5 Å². The number of anilines is 1. The summed E-state index contributed by atoms with van der Waals surface area (Å²) in [5.41, 5.74) is 0. The van der Waals surface area contributed by atoms with Gasteiger partial charge in [-0.3, -0.25) is 4.79 Å². The molecule has 0 aliphatic carbocycles. The van der Waals surface area contributed by atoms with Crippen molar-refractivity contribution in [3.05, 3.63) is 10.5 Å². The van der Waals surface area contributed by atoms with E-state index in [0.29, 0.717) is 11.7 Å².